The summed E-state index contributed by atoms with van der Waals surface area (Å²) in [5, 5.41) is 6.40. The third-order valence-corrected chi connectivity index (χ3v) is 4.53. The van der Waals surface area contributed by atoms with E-state index in [9.17, 15) is 0 Å². The molecule has 0 saturated carbocycles. The third-order valence-electron chi connectivity index (χ3n) is 4.53. The first-order valence-electron chi connectivity index (χ1n) is 8.22. The van der Waals surface area contributed by atoms with E-state index < -0.39 is 0 Å². The van der Waals surface area contributed by atoms with Gasteiger partial charge in [0.25, 0.3) is 0 Å². The number of rotatable bonds is 6. The van der Waals surface area contributed by atoms with E-state index in [1.807, 2.05) is 0 Å². The van der Waals surface area contributed by atoms with Gasteiger partial charge < -0.3 is 5.32 Å². The van der Waals surface area contributed by atoms with Crippen LogP contribution in [0.1, 0.15) is 53.0 Å². The lowest BCUT2D eigenvalue weighted by atomic mass is 9.78. The topological polar surface area (TPSA) is 12.0 Å². The highest BCUT2D eigenvalue weighted by Crippen LogP contribution is 2.38. The Balaban J connectivity index is 2.46. The van der Waals surface area contributed by atoms with Gasteiger partial charge in [-0.05, 0) is 46.6 Å². The van der Waals surface area contributed by atoms with Crippen molar-refractivity contribution in [1.29, 1.82) is 0 Å². The molecule has 0 spiro atoms. The molecule has 0 heterocycles. The van der Waals surface area contributed by atoms with Crippen molar-refractivity contribution in [3.8, 4) is 0 Å². The van der Waals surface area contributed by atoms with Gasteiger partial charge in [0.2, 0.25) is 0 Å². The van der Waals surface area contributed by atoms with Crippen molar-refractivity contribution in [2.24, 2.45) is 5.92 Å². The molecule has 2 aromatic rings. The molecule has 0 saturated heterocycles. The first-order chi connectivity index (χ1) is 9.95. The Hall–Kier alpha value is -1.50. The minimum Gasteiger partial charge on any atom is -0.385 e. The predicted molar refractivity (Wildman–Crippen MR) is 95.2 cm³/mol. The van der Waals surface area contributed by atoms with Crippen LogP contribution in [-0.2, 0) is 5.41 Å². The monoisotopic (exact) mass is 283 g/mol. The van der Waals surface area contributed by atoms with Crippen LogP contribution >= 0.6 is 0 Å². The van der Waals surface area contributed by atoms with E-state index in [-0.39, 0.29) is 5.41 Å². The largest absolute Gasteiger partial charge is 0.385 e. The van der Waals surface area contributed by atoms with E-state index >= 15 is 0 Å². The molecule has 2 aromatic carbocycles. The van der Waals surface area contributed by atoms with E-state index in [0.29, 0.717) is 0 Å². The summed E-state index contributed by atoms with van der Waals surface area (Å²) in [6.07, 6.45) is 2.35. The van der Waals surface area contributed by atoms with Crippen molar-refractivity contribution in [2.75, 3.05) is 11.9 Å². The van der Waals surface area contributed by atoms with Crippen molar-refractivity contribution in [2.45, 2.75) is 52.9 Å². The van der Waals surface area contributed by atoms with Crippen LogP contribution in [0.2, 0.25) is 0 Å². The van der Waals surface area contributed by atoms with Crippen molar-refractivity contribution < 1.29 is 0 Å². The molecule has 0 amide bonds. The van der Waals surface area contributed by atoms with Gasteiger partial charge in [0.1, 0.15) is 0 Å². The second kappa shape index (κ2) is 6.51. The Morgan fingerprint density at radius 2 is 1.76 bits per heavy atom. The van der Waals surface area contributed by atoms with Crippen LogP contribution in [0.3, 0.4) is 0 Å². The summed E-state index contributed by atoms with van der Waals surface area (Å²) in [6, 6.07) is 13.2. The maximum atomic E-state index is 3.68. The molecule has 0 aliphatic carbocycles. The summed E-state index contributed by atoms with van der Waals surface area (Å²) < 4.78 is 0. The molecule has 1 heteroatoms. The lowest BCUT2D eigenvalue weighted by Gasteiger charge is -2.29. The molecule has 114 valence electrons. The number of hydrogen-bond acceptors (Lipinski definition) is 1. The Morgan fingerprint density at radius 1 is 1.05 bits per heavy atom. The summed E-state index contributed by atoms with van der Waals surface area (Å²) in [5.74, 6) is 0.737. The normalized spacial score (nSPS) is 12.1. The van der Waals surface area contributed by atoms with Crippen LogP contribution < -0.4 is 5.32 Å². The molecule has 0 aliphatic heterocycles. The van der Waals surface area contributed by atoms with E-state index in [1.165, 1.54) is 28.4 Å². The third kappa shape index (κ3) is 3.58. The summed E-state index contributed by atoms with van der Waals surface area (Å²) in [7, 11) is 0. The summed E-state index contributed by atoms with van der Waals surface area (Å²) in [6.45, 7) is 12.6. The highest BCUT2D eigenvalue weighted by molar-refractivity contribution is 5.91. The smallest absolute Gasteiger partial charge is 0.0384 e. The van der Waals surface area contributed by atoms with E-state index in [0.717, 1.165) is 18.9 Å². The van der Waals surface area contributed by atoms with Crippen LogP contribution in [0.4, 0.5) is 5.69 Å². The van der Waals surface area contributed by atoms with Gasteiger partial charge in [-0.3, -0.25) is 0 Å². The fourth-order valence-electron chi connectivity index (χ4n) is 2.82. The van der Waals surface area contributed by atoms with E-state index in [2.05, 4.69) is 76.3 Å². The van der Waals surface area contributed by atoms with Crippen LogP contribution in [0.15, 0.2) is 36.4 Å². The zero-order valence-electron chi connectivity index (χ0n) is 14.2. The number of fused-ring (bicyclic) bond motifs is 1. The Morgan fingerprint density at radius 3 is 2.43 bits per heavy atom. The first-order valence-corrected chi connectivity index (χ1v) is 8.22. The number of hydrogen-bond donors (Lipinski definition) is 1. The zero-order chi connectivity index (χ0) is 15.5. The average Bonchev–Trinajstić information content (AvgIpc) is 2.46. The van der Waals surface area contributed by atoms with Gasteiger partial charge >= 0.3 is 0 Å². The highest BCUT2D eigenvalue weighted by atomic mass is 14.9. The van der Waals surface area contributed by atoms with Gasteiger partial charge in [0, 0.05) is 12.2 Å². The maximum Gasteiger partial charge on any atom is 0.0384 e. The SMILES string of the molecule is CCC(C)(C)c1c(NCCC(C)C)ccc2ccccc12. The predicted octanol–water partition coefficient (Wildman–Crippen LogP) is 5.99. The molecule has 0 atom stereocenters. The summed E-state index contributed by atoms with van der Waals surface area (Å²) in [5.41, 5.74) is 2.95. The summed E-state index contributed by atoms with van der Waals surface area (Å²) >= 11 is 0. The number of nitrogens with one attached hydrogen (secondary N) is 1. The summed E-state index contributed by atoms with van der Waals surface area (Å²) in [4.78, 5) is 0. The van der Waals surface area contributed by atoms with Crippen LogP contribution in [0.5, 0.6) is 0 Å². The lowest BCUT2D eigenvalue weighted by molar-refractivity contribution is 0.511. The van der Waals surface area contributed by atoms with Crippen LogP contribution in [0.25, 0.3) is 10.8 Å². The molecule has 0 bridgehead atoms. The number of anilines is 1. The van der Waals surface area contributed by atoms with Crippen LogP contribution in [0, 0.1) is 5.92 Å². The zero-order valence-corrected chi connectivity index (χ0v) is 14.2. The molecule has 0 aromatic heterocycles. The molecule has 21 heavy (non-hydrogen) atoms. The fraction of sp³-hybridized carbons (Fsp3) is 0.500. The molecule has 0 radical (unpaired) electrons. The van der Waals surface area contributed by atoms with Gasteiger partial charge in [-0.25, -0.2) is 0 Å². The average molecular weight is 283 g/mol. The van der Waals surface area contributed by atoms with Gasteiger partial charge in [-0.1, -0.05) is 65.0 Å². The Labute approximate surface area is 129 Å². The van der Waals surface area contributed by atoms with Crippen molar-refractivity contribution in [3.63, 3.8) is 0 Å². The van der Waals surface area contributed by atoms with Gasteiger partial charge in [-0.2, -0.15) is 0 Å². The first kappa shape index (κ1) is 15.9. The minimum absolute atomic E-state index is 0.182. The second-order valence-electron chi connectivity index (χ2n) is 7.06. The Kier molecular flexibility index (Phi) is 4.92. The van der Waals surface area contributed by atoms with Gasteiger partial charge in [-0.15, -0.1) is 0 Å². The van der Waals surface area contributed by atoms with E-state index in [4.69, 9.17) is 0 Å². The molecule has 0 aliphatic rings. The standard InChI is InChI=1S/C20H29N/c1-6-20(4,5)19-17-10-8-7-9-16(17)11-12-18(19)21-14-13-15(2)3/h7-12,15,21H,6,13-14H2,1-5H3. The highest BCUT2D eigenvalue weighted by Gasteiger charge is 2.24. The quantitative estimate of drug-likeness (QED) is 0.687. The number of benzene rings is 2. The van der Waals surface area contributed by atoms with Gasteiger partial charge in [0.15, 0.2) is 0 Å². The van der Waals surface area contributed by atoms with Crippen molar-refractivity contribution in [1.82, 2.24) is 0 Å². The minimum atomic E-state index is 0.182. The van der Waals surface area contributed by atoms with Crippen molar-refractivity contribution >= 4 is 16.5 Å². The molecule has 0 fully saturated rings. The molecule has 0 unspecified atom stereocenters. The molecular formula is C20H29N. The van der Waals surface area contributed by atoms with Crippen LogP contribution in [-0.4, -0.2) is 6.54 Å². The second-order valence-corrected chi connectivity index (χ2v) is 7.06. The Bertz CT molecular complexity index is 596. The van der Waals surface area contributed by atoms with Crippen molar-refractivity contribution in [3.05, 3.63) is 42.0 Å². The molecule has 1 N–H and O–H groups in total. The fourth-order valence-corrected chi connectivity index (χ4v) is 2.82. The molecule has 1 nitrogen and oxygen atoms in total. The molecular weight excluding hydrogens is 254 g/mol. The maximum absolute atomic E-state index is 3.68. The van der Waals surface area contributed by atoms with E-state index in [1.54, 1.807) is 0 Å². The van der Waals surface area contributed by atoms with Gasteiger partial charge in [0.05, 0.1) is 0 Å². The molecule has 2 rings (SSSR count). The lowest BCUT2D eigenvalue weighted by Crippen LogP contribution is -2.19.